The van der Waals surface area contributed by atoms with Gasteiger partial charge in [0, 0.05) is 18.4 Å². The lowest BCUT2D eigenvalue weighted by Gasteiger charge is -2.42. The Kier molecular flexibility index (Phi) is 17.7. The second kappa shape index (κ2) is 20.4. The van der Waals surface area contributed by atoms with E-state index in [1.807, 2.05) is 30.3 Å². The topological polar surface area (TPSA) is 61.3 Å². The number of carbonyl (C=O) groups excluding carboxylic acids is 1. The van der Waals surface area contributed by atoms with E-state index in [1.54, 1.807) is 0 Å². The Balaban J connectivity index is 0.00000588. The van der Waals surface area contributed by atoms with Crippen LogP contribution >= 0.6 is 11.7 Å². The molecule has 230 valence electrons. The number of hydrogen-bond donors (Lipinski definition) is 0. The van der Waals surface area contributed by atoms with Gasteiger partial charge in [-0.2, -0.15) is 4.37 Å². The molecule has 2 atom stereocenters. The molecule has 8 heteroatoms. The maximum absolute atomic E-state index is 13.2. The quantitative estimate of drug-likeness (QED) is 0.0754. The highest BCUT2D eigenvalue weighted by molar-refractivity contribution is 6.99. The van der Waals surface area contributed by atoms with Crippen molar-refractivity contribution in [3.8, 4) is 5.88 Å². The summed E-state index contributed by atoms with van der Waals surface area (Å²) in [6.07, 6.45) is 20.0. The number of benzene rings is 1. The highest BCUT2D eigenvalue weighted by atomic mass is 127. The Bertz CT molecular complexity index is 1020. The van der Waals surface area contributed by atoms with Gasteiger partial charge in [-0.05, 0) is 25.0 Å². The molecule has 1 aromatic heterocycles. The van der Waals surface area contributed by atoms with Crippen LogP contribution in [0.15, 0.2) is 36.4 Å². The molecule has 0 N–H and O–H groups in total. The minimum atomic E-state index is -0.233. The largest absolute Gasteiger partial charge is 1.00 e. The zero-order chi connectivity index (χ0) is 28.5. The van der Waals surface area contributed by atoms with Gasteiger partial charge < -0.3 is 33.5 Å². The van der Waals surface area contributed by atoms with E-state index in [2.05, 4.69) is 35.7 Å². The molecular formula is C33H52IN3O3S. The fraction of sp³-hybridized carbons (Fsp3) is 0.667. The number of rotatable bonds is 20. The van der Waals surface area contributed by atoms with E-state index < -0.39 is 0 Å². The monoisotopic (exact) mass is 697 g/mol. The number of likely N-dealkylation sites (N-methyl/N-ethyl adjacent to an activating group) is 1. The van der Waals surface area contributed by atoms with Crippen molar-refractivity contribution in [3.05, 3.63) is 47.7 Å². The number of unbranched alkanes of at least 4 members (excludes halogenated alkanes) is 11. The molecule has 2 aromatic rings. The third-order valence-electron chi connectivity index (χ3n) is 8.06. The van der Waals surface area contributed by atoms with Crippen molar-refractivity contribution < 1.29 is 42.7 Å². The van der Waals surface area contributed by atoms with Crippen LogP contribution in [0.3, 0.4) is 0 Å². The number of hydrogen-bond acceptors (Lipinski definition) is 6. The Morgan fingerprint density at radius 2 is 1.54 bits per heavy atom. The molecule has 6 nitrogen and oxygen atoms in total. The molecule has 0 saturated carbocycles. The Hall–Kier alpha value is -1.52. The van der Waals surface area contributed by atoms with Gasteiger partial charge in [0.05, 0.1) is 37.5 Å². The minimum absolute atomic E-state index is 0. The van der Waals surface area contributed by atoms with Crippen LogP contribution in [0.1, 0.15) is 126 Å². The lowest BCUT2D eigenvalue weighted by molar-refractivity contribution is -0.947. The molecule has 41 heavy (non-hydrogen) atoms. The predicted molar refractivity (Wildman–Crippen MR) is 166 cm³/mol. The highest BCUT2D eigenvalue weighted by Crippen LogP contribution is 2.33. The van der Waals surface area contributed by atoms with Crippen molar-refractivity contribution in [1.29, 1.82) is 0 Å². The van der Waals surface area contributed by atoms with E-state index in [0.717, 1.165) is 50.0 Å². The maximum atomic E-state index is 13.2. The van der Waals surface area contributed by atoms with Gasteiger partial charge in [0.2, 0.25) is 6.23 Å². The molecule has 0 bridgehead atoms. The van der Waals surface area contributed by atoms with Gasteiger partial charge in [-0.1, -0.05) is 109 Å². The van der Waals surface area contributed by atoms with E-state index in [1.165, 1.54) is 82.4 Å². The van der Waals surface area contributed by atoms with Gasteiger partial charge in [0.1, 0.15) is 12.2 Å². The Labute approximate surface area is 270 Å². The summed E-state index contributed by atoms with van der Waals surface area (Å²) in [5, 5.41) is 0. The molecule has 0 amide bonds. The lowest BCUT2D eigenvalue weighted by Crippen LogP contribution is -3.00. The summed E-state index contributed by atoms with van der Waals surface area (Å²) in [5.41, 5.74) is 2.63. The van der Waals surface area contributed by atoms with Gasteiger partial charge >= 0.3 is 5.97 Å². The molecule has 0 spiro atoms. The van der Waals surface area contributed by atoms with Crippen molar-refractivity contribution in [3.63, 3.8) is 0 Å². The number of carbonyl (C=O) groups is 1. The zero-order valence-electron chi connectivity index (χ0n) is 25.6. The number of aromatic nitrogens is 2. The number of nitrogens with zero attached hydrogens (tertiary/aromatic N) is 3. The SMILES string of the molecule is CCCCCCCCCCCC(OC(=O)c1ccccc1)[N+]1(C)CCC=C(c2nsnc2OCCCCCC)C1.[I-]. The van der Waals surface area contributed by atoms with E-state index >= 15 is 0 Å². The summed E-state index contributed by atoms with van der Waals surface area (Å²) in [6, 6.07) is 9.39. The van der Waals surface area contributed by atoms with Crippen LogP contribution in [0.4, 0.5) is 0 Å². The first-order chi connectivity index (χ1) is 19.6. The van der Waals surface area contributed by atoms with Crippen LogP contribution in [-0.4, -0.2) is 52.2 Å². The van der Waals surface area contributed by atoms with Crippen molar-refractivity contribution in [1.82, 2.24) is 8.75 Å². The molecule has 1 aromatic carbocycles. The molecule has 2 unspecified atom stereocenters. The van der Waals surface area contributed by atoms with Crippen LogP contribution in [0, 0.1) is 0 Å². The normalized spacial score (nSPS) is 17.4. The van der Waals surface area contributed by atoms with E-state index in [-0.39, 0.29) is 36.2 Å². The third kappa shape index (κ3) is 12.3. The van der Waals surface area contributed by atoms with Gasteiger partial charge in [0.15, 0.2) is 0 Å². The second-order valence-electron chi connectivity index (χ2n) is 11.5. The molecular weight excluding hydrogens is 645 g/mol. The van der Waals surface area contributed by atoms with Crippen LogP contribution in [-0.2, 0) is 4.74 Å². The number of esters is 1. The van der Waals surface area contributed by atoms with E-state index in [0.29, 0.717) is 22.5 Å². The van der Waals surface area contributed by atoms with Crippen LogP contribution in [0.25, 0.3) is 5.57 Å². The molecule has 2 heterocycles. The summed E-state index contributed by atoms with van der Waals surface area (Å²) in [4.78, 5) is 13.2. The van der Waals surface area contributed by atoms with Gasteiger partial charge in [-0.3, -0.25) is 4.48 Å². The molecule has 3 rings (SSSR count). The van der Waals surface area contributed by atoms with Gasteiger partial charge in [0.25, 0.3) is 5.88 Å². The Morgan fingerprint density at radius 1 is 0.902 bits per heavy atom. The smallest absolute Gasteiger partial charge is 0.342 e. The molecule has 0 aliphatic carbocycles. The van der Waals surface area contributed by atoms with Crippen molar-refractivity contribution in [2.45, 2.75) is 116 Å². The summed E-state index contributed by atoms with van der Waals surface area (Å²) >= 11 is 1.21. The van der Waals surface area contributed by atoms with E-state index in [4.69, 9.17) is 9.47 Å². The maximum Gasteiger partial charge on any atom is 0.342 e. The Morgan fingerprint density at radius 3 is 2.22 bits per heavy atom. The standard InChI is InChI=1S/C33H52N3O3S.HI/c1-4-6-8-10-11-12-13-14-18-24-30(39-33(37)28-21-16-15-17-22-28)36(3)25-20-23-29(27-36)31-32(35-40-34-31)38-26-19-9-7-5-2;/h15-17,21-23,30H,4-14,18-20,24-27H2,1-3H3;1H/q+1;/p-1. The number of halogens is 1. The third-order valence-corrected chi connectivity index (χ3v) is 8.58. The van der Waals surface area contributed by atoms with Crippen molar-refractivity contribution in [2.24, 2.45) is 0 Å². The molecule has 0 saturated heterocycles. The second-order valence-corrected chi connectivity index (χ2v) is 12.1. The average Bonchev–Trinajstić information content (AvgIpc) is 3.44. The molecule has 0 radical (unpaired) electrons. The summed E-state index contributed by atoms with van der Waals surface area (Å²) in [7, 11) is 2.23. The van der Waals surface area contributed by atoms with Crippen molar-refractivity contribution in [2.75, 3.05) is 26.7 Å². The van der Waals surface area contributed by atoms with Crippen LogP contribution < -0.4 is 28.7 Å². The predicted octanol–water partition coefficient (Wildman–Crippen LogP) is 5.84. The first-order valence-electron chi connectivity index (χ1n) is 15.8. The summed E-state index contributed by atoms with van der Waals surface area (Å²) in [5.74, 6) is 0.418. The van der Waals surface area contributed by atoms with Gasteiger partial charge in [-0.25, -0.2) is 4.79 Å². The van der Waals surface area contributed by atoms with Crippen molar-refractivity contribution >= 4 is 23.3 Å². The first-order valence-corrected chi connectivity index (χ1v) is 16.6. The molecule has 0 fully saturated rings. The number of ether oxygens (including phenoxy) is 2. The molecule has 1 aliphatic heterocycles. The molecule has 1 aliphatic rings. The van der Waals surface area contributed by atoms with Crippen LogP contribution in [0.5, 0.6) is 5.88 Å². The number of quaternary nitrogens is 1. The highest BCUT2D eigenvalue weighted by Gasteiger charge is 2.39. The zero-order valence-corrected chi connectivity index (χ0v) is 28.6. The fourth-order valence-electron chi connectivity index (χ4n) is 5.55. The minimum Gasteiger partial charge on any atom is -1.00 e. The summed E-state index contributed by atoms with van der Waals surface area (Å²) in [6.45, 7) is 6.84. The van der Waals surface area contributed by atoms with E-state index in [9.17, 15) is 4.79 Å². The fourth-order valence-corrected chi connectivity index (χ4v) is 6.08. The summed E-state index contributed by atoms with van der Waals surface area (Å²) < 4.78 is 22.1. The van der Waals surface area contributed by atoms with Gasteiger partial charge in [-0.15, -0.1) is 4.37 Å². The lowest BCUT2D eigenvalue weighted by atomic mass is 10.0. The first kappa shape index (κ1) is 35.7. The van der Waals surface area contributed by atoms with Crippen LogP contribution in [0.2, 0.25) is 0 Å². The average molecular weight is 698 g/mol.